The standard InChI is InChI=1S/C22H19Cl2NO3/c1-28-15-5-2-12(3-6-15)14-9-19-22(20(26)10-14)16(11-21(27)25-19)13-4-7-17(23)18(24)8-13/h2-8,14,16H,9-11H2,1H3,(H,25,27)/t14-,16+/m1/s1. The summed E-state index contributed by atoms with van der Waals surface area (Å²) in [5.74, 6) is 0.500. The van der Waals surface area contributed by atoms with Crippen LogP contribution in [0.3, 0.4) is 0 Å². The van der Waals surface area contributed by atoms with Gasteiger partial charge in [0.1, 0.15) is 5.75 Å². The van der Waals surface area contributed by atoms with Crippen molar-refractivity contribution >= 4 is 34.9 Å². The first kappa shape index (κ1) is 19.0. The summed E-state index contributed by atoms with van der Waals surface area (Å²) in [6.07, 6.45) is 1.27. The van der Waals surface area contributed by atoms with E-state index in [1.165, 1.54) is 0 Å². The van der Waals surface area contributed by atoms with Gasteiger partial charge < -0.3 is 10.1 Å². The number of Topliss-reactive ketones (excluding diaryl/α,β-unsaturated/α-hetero) is 1. The Balaban J connectivity index is 1.69. The number of carbonyl (C=O) groups excluding carboxylic acids is 2. The molecule has 0 saturated carbocycles. The summed E-state index contributed by atoms with van der Waals surface area (Å²) >= 11 is 12.2. The van der Waals surface area contributed by atoms with Crippen LogP contribution in [-0.2, 0) is 9.59 Å². The van der Waals surface area contributed by atoms with Crippen LogP contribution >= 0.6 is 23.2 Å². The summed E-state index contributed by atoms with van der Waals surface area (Å²) in [6.45, 7) is 0. The van der Waals surface area contributed by atoms with Crippen molar-refractivity contribution in [1.29, 1.82) is 0 Å². The fraction of sp³-hybridized carbons (Fsp3) is 0.273. The molecule has 0 bridgehead atoms. The fourth-order valence-corrected chi connectivity index (χ4v) is 4.39. The van der Waals surface area contributed by atoms with Gasteiger partial charge in [-0.1, -0.05) is 41.4 Å². The Bertz CT molecular complexity index is 982. The van der Waals surface area contributed by atoms with Crippen LogP contribution in [0.4, 0.5) is 0 Å². The summed E-state index contributed by atoms with van der Waals surface area (Å²) in [7, 11) is 1.62. The Morgan fingerprint density at radius 2 is 1.64 bits per heavy atom. The van der Waals surface area contributed by atoms with Gasteiger partial charge in [0.15, 0.2) is 5.78 Å². The molecule has 0 fully saturated rings. The highest BCUT2D eigenvalue weighted by molar-refractivity contribution is 6.42. The Hall–Kier alpha value is -2.30. The molecule has 0 unspecified atom stereocenters. The van der Waals surface area contributed by atoms with Gasteiger partial charge in [-0.25, -0.2) is 0 Å². The molecule has 2 atom stereocenters. The molecule has 0 spiro atoms. The van der Waals surface area contributed by atoms with E-state index in [1.807, 2.05) is 30.3 Å². The minimum Gasteiger partial charge on any atom is -0.497 e. The quantitative estimate of drug-likeness (QED) is 0.766. The van der Waals surface area contributed by atoms with Crippen molar-refractivity contribution in [2.75, 3.05) is 7.11 Å². The van der Waals surface area contributed by atoms with Gasteiger partial charge in [-0.3, -0.25) is 9.59 Å². The SMILES string of the molecule is COc1ccc([C@H]2CC(=O)C3=C(C2)NC(=O)C[C@H]3c2ccc(Cl)c(Cl)c2)cc1. The summed E-state index contributed by atoms with van der Waals surface area (Å²) in [5, 5.41) is 3.81. The molecule has 2 aromatic rings. The highest BCUT2D eigenvalue weighted by Gasteiger charge is 2.38. The fourth-order valence-electron chi connectivity index (χ4n) is 4.09. The average molecular weight is 416 g/mol. The maximum Gasteiger partial charge on any atom is 0.225 e. The molecular weight excluding hydrogens is 397 g/mol. The van der Waals surface area contributed by atoms with Crippen molar-refractivity contribution in [3.8, 4) is 5.75 Å². The number of amides is 1. The van der Waals surface area contributed by atoms with Gasteiger partial charge in [-0.2, -0.15) is 0 Å². The van der Waals surface area contributed by atoms with E-state index < -0.39 is 0 Å². The normalized spacial score (nSPS) is 22.0. The minimum atomic E-state index is -0.289. The van der Waals surface area contributed by atoms with Crippen LogP contribution in [0.25, 0.3) is 0 Å². The number of ether oxygens (including phenoxy) is 1. The molecule has 4 nitrogen and oxygen atoms in total. The largest absolute Gasteiger partial charge is 0.497 e. The van der Waals surface area contributed by atoms with Crippen LogP contribution in [0.2, 0.25) is 10.0 Å². The smallest absolute Gasteiger partial charge is 0.225 e. The lowest BCUT2D eigenvalue weighted by atomic mass is 9.73. The van der Waals surface area contributed by atoms with Gasteiger partial charge in [-0.15, -0.1) is 0 Å². The van der Waals surface area contributed by atoms with Crippen LogP contribution in [-0.4, -0.2) is 18.8 Å². The van der Waals surface area contributed by atoms with Crippen molar-refractivity contribution < 1.29 is 14.3 Å². The zero-order valence-electron chi connectivity index (χ0n) is 15.3. The number of rotatable bonds is 3. The molecular formula is C22H19Cl2NO3. The molecule has 4 rings (SSSR count). The summed E-state index contributed by atoms with van der Waals surface area (Å²) in [6, 6.07) is 13.0. The second-order valence-corrected chi connectivity index (χ2v) is 7.99. The first-order valence-electron chi connectivity index (χ1n) is 9.11. The molecule has 0 saturated heterocycles. The van der Waals surface area contributed by atoms with E-state index in [1.54, 1.807) is 19.2 Å². The van der Waals surface area contributed by atoms with Crippen molar-refractivity contribution in [1.82, 2.24) is 5.32 Å². The number of nitrogens with one attached hydrogen (secondary N) is 1. The van der Waals surface area contributed by atoms with Gasteiger partial charge in [0.2, 0.25) is 5.91 Å². The number of hydrogen-bond donors (Lipinski definition) is 1. The van der Waals surface area contributed by atoms with Crippen LogP contribution in [0.5, 0.6) is 5.75 Å². The average Bonchev–Trinajstić information content (AvgIpc) is 2.69. The highest BCUT2D eigenvalue weighted by Crippen LogP contribution is 2.43. The van der Waals surface area contributed by atoms with Gasteiger partial charge in [0.25, 0.3) is 0 Å². The molecule has 28 heavy (non-hydrogen) atoms. The van der Waals surface area contributed by atoms with E-state index >= 15 is 0 Å². The zero-order chi connectivity index (χ0) is 19.8. The van der Waals surface area contributed by atoms with Crippen molar-refractivity contribution in [3.63, 3.8) is 0 Å². The van der Waals surface area contributed by atoms with Crippen LogP contribution in [0.15, 0.2) is 53.7 Å². The molecule has 1 heterocycles. The van der Waals surface area contributed by atoms with Gasteiger partial charge in [0.05, 0.1) is 17.2 Å². The number of carbonyl (C=O) groups is 2. The first-order valence-corrected chi connectivity index (χ1v) is 9.87. The van der Waals surface area contributed by atoms with Gasteiger partial charge in [0, 0.05) is 30.0 Å². The first-order chi connectivity index (χ1) is 13.5. The third-order valence-electron chi connectivity index (χ3n) is 5.47. The van der Waals surface area contributed by atoms with Gasteiger partial charge >= 0.3 is 0 Å². The number of allylic oxidation sites excluding steroid dienone is 2. The Kier molecular flexibility index (Phi) is 5.17. The summed E-state index contributed by atoms with van der Waals surface area (Å²) in [4.78, 5) is 25.4. The molecule has 1 amide bonds. The summed E-state index contributed by atoms with van der Waals surface area (Å²) < 4.78 is 5.21. The lowest BCUT2D eigenvalue weighted by molar-refractivity contribution is -0.122. The van der Waals surface area contributed by atoms with E-state index in [4.69, 9.17) is 27.9 Å². The Labute approximate surface area is 173 Å². The lowest BCUT2D eigenvalue weighted by Gasteiger charge is -2.34. The topological polar surface area (TPSA) is 55.4 Å². The summed E-state index contributed by atoms with van der Waals surface area (Å²) in [5.41, 5.74) is 3.33. The van der Waals surface area contributed by atoms with E-state index in [2.05, 4.69) is 5.32 Å². The number of ketones is 1. The predicted octanol–water partition coefficient (Wildman–Crippen LogP) is 5.01. The molecule has 2 aromatic carbocycles. The molecule has 6 heteroatoms. The predicted molar refractivity (Wildman–Crippen MR) is 109 cm³/mol. The van der Waals surface area contributed by atoms with Crippen molar-refractivity contribution in [3.05, 3.63) is 74.9 Å². The molecule has 0 radical (unpaired) electrons. The van der Waals surface area contributed by atoms with Crippen molar-refractivity contribution in [2.24, 2.45) is 0 Å². The monoisotopic (exact) mass is 415 g/mol. The third-order valence-corrected chi connectivity index (χ3v) is 6.21. The Morgan fingerprint density at radius 3 is 2.32 bits per heavy atom. The maximum atomic E-state index is 13.1. The molecule has 1 aliphatic carbocycles. The molecule has 144 valence electrons. The molecule has 1 aliphatic heterocycles. The number of methoxy groups -OCH3 is 1. The van der Waals surface area contributed by atoms with Crippen LogP contribution < -0.4 is 10.1 Å². The zero-order valence-corrected chi connectivity index (χ0v) is 16.8. The van der Waals surface area contributed by atoms with E-state index in [0.29, 0.717) is 28.5 Å². The number of halogens is 2. The Morgan fingerprint density at radius 1 is 0.929 bits per heavy atom. The highest BCUT2D eigenvalue weighted by atomic mass is 35.5. The number of benzene rings is 2. The van der Waals surface area contributed by atoms with E-state index in [0.717, 1.165) is 22.6 Å². The second kappa shape index (κ2) is 7.61. The molecule has 0 aromatic heterocycles. The van der Waals surface area contributed by atoms with E-state index in [-0.39, 0.29) is 29.9 Å². The van der Waals surface area contributed by atoms with Crippen LogP contribution in [0.1, 0.15) is 42.2 Å². The molecule has 1 N–H and O–H groups in total. The van der Waals surface area contributed by atoms with Crippen molar-refractivity contribution in [2.45, 2.75) is 31.1 Å². The molecule has 2 aliphatic rings. The minimum absolute atomic E-state index is 0.0324. The van der Waals surface area contributed by atoms with Gasteiger partial charge in [-0.05, 0) is 47.7 Å². The number of hydrogen-bond acceptors (Lipinski definition) is 3. The third kappa shape index (κ3) is 3.54. The van der Waals surface area contributed by atoms with E-state index in [9.17, 15) is 9.59 Å². The van der Waals surface area contributed by atoms with Crippen LogP contribution in [0, 0.1) is 0 Å². The lowest BCUT2D eigenvalue weighted by Crippen LogP contribution is -2.38. The second-order valence-electron chi connectivity index (χ2n) is 7.17. The maximum absolute atomic E-state index is 13.1.